The summed E-state index contributed by atoms with van der Waals surface area (Å²) in [6.45, 7) is 3.20. The average Bonchev–Trinajstić information content (AvgIpc) is 2.67. The first-order valence-electron chi connectivity index (χ1n) is 8.39. The fourth-order valence-electron chi connectivity index (χ4n) is 5.14. The molecule has 2 heterocycles. The molecule has 1 aliphatic heterocycles. The Morgan fingerprint density at radius 1 is 1.32 bits per heavy atom. The van der Waals surface area contributed by atoms with E-state index in [9.17, 15) is 5.26 Å². The summed E-state index contributed by atoms with van der Waals surface area (Å²) >= 11 is 0. The number of ether oxygens (including phenoxy) is 1. The molecule has 2 fully saturated rings. The van der Waals surface area contributed by atoms with Gasteiger partial charge in [-0.15, -0.1) is 0 Å². The number of nitriles is 1. The maximum absolute atomic E-state index is 9.61. The molecule has 0 N–H and O–H groups in total. The number of hydrogen-bond acceptors (Lipinski definition) is 4. The van der Waals surface area contributed by atoms with Crippen molar-refractivity contribution in [2.24, 2.45) is 17.8 Å². The van der Waals surface area contributed by atoms with Gasteiger partial charge in [-0.3, -0.25) is 0 Å². The SMILES string of the molecule is COc1ccc2c(n1)C[C@@H]1C[C@@H](C)C[C@H]3[C@@H]1C[C@@H]2CN3C#N. The number of hydrogen-bond donors (Lipinski definition) is 0. The Morgan fingerprint density at radius 3 is 2.95 bits per heavy atom. The first-order chi connectivity index (χ1) is 10.7. The molecule has 4 heteroatoms. The fourth-order valence-corrected chi connectivity index (χ4v) is 5.14. The summed E-state index contributed by atoms with van der Waals surface area (Å²) in [5.74, 6) is 3.18. The van der Waals surface area contributed by atoms with E-state index in [1.54, 1.807) is 7.11 Å². The zero-order valence-corrected chi connectivity index (χ0v) is 13.3. The van der Waals surface area contributed by atoms with Gasteiger partial charge in [-0.05, 0) is 49.0 Å². The Bertz CT molecular complexity index is 623. The maximum Gasteiger partial charge on any atom is 0.213 e. The highest BCUT2D eigenvalue weighted by Gasteiger charge is 2.46. The average molecular weight is 297 g/mol. The number of rotatable bonds is 1. The van der Waals surface area contributed by atoms with E-state index < -0.39 is 0 Å². The second kappa shape index (κ2) is 5.15. The van der Waals surface area contributed by atoms with Crippen LogP contribution in [0.3, 0.4) is 0 Å². The summed E-state index contributed by atoms with van der Waals surface area (Å²) < 4.78 is 5.33. The molecule has 5 atom stereocenters. The van der Waals surface area contributed by atoms with E-state index in [-0.39, 0.29) is 0 Å². The zero-order valence-electron chi connectivity index (χ0n) is 13.3. The van der Waals surface area contributed by atoms with Crippen LogP contribution in [0, 0.1) is 29.2 Å². The van der Waals surface area contributed by atoms with E-state index in [1.165, 1.54) is 30.5 Å². The second-order valence-corrected chi connectivity index (χ2v) is 7.35. The Morgan fingerprint density at radius 2 is 2.18 bits per heavy atom. The van der Waals surface area contributed by atoms with Gasteiger partial charge in [0, 0.05) is 30.3 Å². The number of likely N-dealkylation sites (tertiary alicyclic amines) is 1. The third kappa shape index (κ3) is 2.06. The molecular weight excluding hydrogens is 274 g/mol. The highest BCUT2D eigenvalue weighted by molar-refractivity contribution is 5.33. The third-order valence-electron chi connectivity index (χ3n) is 6.04. The smallest absolute Gasteiger partial charge is 0.213 e. The predicted octanol–water partition coefficient (Wildman–Crippen LogP) is 2.95. The molecule has 0 spiro atoms. The Kier molecular flexibility index (Phi) is 3.25. The molecule has 2 aliphatic carbocycles. The molecule has 4 nitrogen and oxygen atoms in total. The lowest BCUT2D eigenvalue weighted by Gasteiger charge is -2.48. The summed E-state index contributed by atoms with van der Waals surface area (Å²) in [5.41, 5.74) is 2.56. The largest absolute Gasteiger partial charge is 0.481 e. The van der Waals surface area contributed by atoms with Crippen LogP contribution in [-0.2, 0) is 6.42 Å². The van der Waals surface area contributed by atoms with E-state index in [0.717, 1.165) is 13.0 Å². The molecule has 116 valence electrons. The van der Waals surface area contributed by atoms with Crippen molar-refractivity contribution in [2.45, 2.75) is 44.6 Å². The van der Waals surface area contributed by atoms with Crippen LogP contribution in [0.2, 0.25) is 0 Å². The third-order valence-corrected chi connectivity index (χ3v) is 6.04. The maximum atomic E-state index is 9.61. The number of nitrogens with zero attached hydrogens (tertiary/aromatic N) is 3. The summed E-state index contributed by atoms with van der Waals surface area (Å²) in [7, 11) is 1.68. The minimum absolute atomic E-state index is 0.450. The van der Waals surface area contributed by atoms with Crippen molar-refractivity contribution in [3.63, 3.8) is 0 Å². The quantitative estimate of drug-likeness (QED) is 0.748. The van der Waals surface area contributed by atoms with Crippen LogP contribution in [0.5, 0.6) is 5.88 Å². The van der Waals surface area contributed by atoms with Crippen molar-refractivity contribution in [2.75, 3.05) is 13.7 Å². The molecule has 0 radical (unpaired) electrons. The van der Waals surface area contributed by atoms with E-state index in [4.69, 9.17) is 9.72 Å². The highest BCUT2D eigenvalue weighted by atomic mass is 16.5. The van der Waals surface area contributed by atoms with E-state index in [1.807, 2.05) is 6.07 Å². The van der Waals surface area contributed by atoms with E-state index >= 15 is 0 Å². The summed E-state index contributed by atoms with van der Waals surface area (Å²) in [6, 6.07) is 4.60. The molecule has 0 unspecified atom stereocenters. The number of pyridine rings is 1. The van der Waals surface area contributed by atoms with E-state index in [0.29, 0.717) is 35.6 Å². The van der Waals surface area contributed by atoms with Crippen LogP contribution in [0.25, 0.3) is 0 Å². The Balaban J connectivity index is 1.78. The van der Waals surface area contributed by atoms with Gasteiger partial charge in [0.05, 0.1) is 7.11 Å². The van der Waals surface area contributed by atoms with Crippen molar-refractivity contribution < 1.29 is 4.74 Å². The van der Waals surface area contributed by atoms with Gasteiger partial charge >= 0.3 is 0 Å². The number of piperidine rings is 1. The minimum Gasteiger partial charge on any atom is -0.481 e. The highest BCUT2D eigenvalue weighted by Crippen LogP contribution is 2.49. The molecular formula is C18H23N3O. The monoisotopic (exact) mass is 297 g/mol. The van der Waals surface area contributed by atoms with Crippen molar-refractivity contribution >= 4 is 0 Å². The van der Waals surface area contributed by atoms with Gasteiger partial charge in [-0.2, -0.15) is 5.26 Å². The van der Waals surface area contributed by atoms with Gasteiger partial charge in [0.15, 0.2) is 6.19 Å². The van der Waals surface area contributed by atoms with Gasteiger partial charge in [0.25, 0.3) is 0 Å². The van der Waals surface area contributed by atoms with Crippen LogP contribution in [0.4, 0.5) is 0 Å². The molecule has 0 aromatic carbocycles. The lowest BCUT2D eigenvalue weighted by molar-refractivity contribution is 0.0343. The number of fused-ring (bicyclic) bond motifs is 3. The Labute approximate surface area is 132 Å². The molecule has 4 rings (SSSR count). The first kappa shape index (κ1) is 13.9. The topological polar surface area (TPSA) is 49.1 Å². The molecule has 1 saturated heterocycles. The van der Waals surface area contributed by atoms with Crippen LogP contribution in [0.15, 0.2) is 12.1 Å². The summed E-state index contributed by atoms with van der Waals surface area (Å²) in [6.07, 6.45) is 7.20. The van der Waals surface area contributed by atoms with Gasteiger partial charge in [0.1, 0.15) is 0 Å². The van der Waals surface area contributed by atoms with Crippen LogP contribution < -0.4 is 4.74 Å². The first-order valence-corrected chi connectivity index (χ1v) is 8.39. The molecule has 3 aliphatic rings. The predicted molar refractivity (Wildman–Crippen MR) is 83.3 cm³/mol. The van der Waals surface area contributed by atoms with Gasteiger partial charge in [-0.25, -0.2) is 4.98 Å². The van der Waals surface area contributed by atoms with Gasteiger partial charge in [0.2, 0.25) is 5.88 Å². The van der Waals surface area contributed by atoms with E-state index in [2.05, 4.69) is 24.1 Å². The van der Waals surface area contributed by atoms with Gasteiger partial charge in [-0.1, -0.05) is 13.0 Å². The number of aromatic nitrogens is 1. The number of methoxy groups -OCH3 is 1. The summed E-state index contributed by atoms with van der Waals surface area (Å²) in [4.78, 5) is 6.82. The van der Waals surface area contributed by atoms with Crippen molar-refractivity contribution in [1.29, 1.82) is 5.26 Å². The normalized spacial score (nSPS) is 36.0. The van der Waals surface area contributed by atoms with Gasteiger partial charge < -0.3 is 9.64 Å². The molecule has 1 aromatic heterocycles. The zero-order chi connectivity index (χ0) is 15.3. The second-order valence-electron chi connectivity index (χ2n) is 7.35. The fraction of sp³-hybridized carbons (Fsp3) is 0.667. The molecule has 0 amide bonds. The lowest BCUT2D eigenvalue weighted by Crippen LogP contribution is -2.50. The lowest BCUT2D eigenvalue weighted by atomic mass is 9.66. The van der Waals surface area contributed by atoms with Crippen LogP contribution >= 0.6 is 0 Å². The standard InChI is InChI=1S/C18H23N3O/c1-11-5-12-8-16-14(3-4-18(20-16)22-2)13-7-15(12)17(6-11)21(9-13)10-19/h3-4,11-13,15,17H,5-9H2,1-2H3/t11-,12+,13-,15-,17+/m1/s1. The minimum atomic E-state index is 0.450. The van der Waals surface area contributed by atoms with Crippen molar-refractivity contribution in [3.8, 4) is 12.1 Å². The molecule has 1 aromatic rings. The van der Waals surface area contributed by atoms with Crippen LogP contribution in [0.1, 0.15) is 43.4 Å². The van der Waals surface area contributed by atoms with Crippen molar-refractivity contribution in [1.82, 2.24) is 9.88 Å². The Hall–Kier alpha value is -1.76. The van der Waals surface area contributed by atoms with Crippen LogP contribution in [-0.4, -0.2) is 29.6 Å². The molecule has 1 saturated carbocycles. The molecule has 2 bridgehead atoms. The van der Waals surface area contributed by atoms with Crippen molar-refractivity contribution in [3.05, 3.63) is 23.4 Å². The summed E-state index contributed by atoms with van der Waals surface area (Å²) in [5, 5.41) is 9.61. The molecule has 22 heavy (non-hydrogen) atoms.